The molecule has 0 aliphatic carbocycles. The van der Waals surface area contributed by atoms with E-state index >= 15 is 0 Å². The molecule has 0 bridgehead atoms. The Morgan fingerprint density at radius 1 is 1.33 bits per heavy atom. The van der Waals surface area contributed by atoms with Gasteiger partial charge in [0.15, 0.2) is 0 Å². The highest BCUT2D eigenvalue weighted by Gasteiger charge is 2.29. The summed E-state index contributed by atoms with van der Waals surface area (Å²) in [6.45, 7) is 2.84. The maximum absolute atomic E-state index is 10.5. The van der Waals surface area contributed by atoms with Crippen LogP contribution in [-0.4, -0.2) is 11.7 Å². The van der Waals surface area contributed by atoms with Crippen LogP contribution in [-0.2, 0) is 6.42 Å². The van der Waals surface area contributed by atoms with Gasteiger partial charge in [-0.3, -0.25) is 0 Å². The summed E-state index contributed by atoms with van der Waals surface area (Å²) in [5, 5.41) is 13.9. The van der Waals surface area contributed by atoms with Crippen molar-refractivity contribution in [2.75, 3.05) is 6.54 Å². The number of aliphatic hydroxyl groups excluding tert-OH is 1. The summed E-state index contributed by atoms with van der Waals surface area (Å²) in [6, 6.07) is 10.1. The Morgan fingerprint density at radius 2 is 2.17 bits per heavy atom. The molecule has 2 atom stereocenters. The Bertz CT molecular complexity index is 547. The molecular formula is C15H17NO2. The van der Waals surface area contributed by atoms with Crippen molar-refractivity contribution < 1.29 is 9.52 Å². The van der Waals surface area contributed by atoms with Gasteiger partial charge in [-0.2, -0.15) is 0 Å². The average molecular weight is 243 g/mol. The number of fused-ring (bicyclic) bond motifs is 1. The van der Waals surface area contributed by atoms with E-state index in [9.17, 15) is 5.11 Å². The van der Waals surface area contributed by atoms with Gasteiger partial charge in [0.05, 0.1) is 12.3 Å². The molecule has 2 unspecified atom stereocenters. The monoisotopic (exact) mass is 243 g/mol. The number of rotatable bonds is 2. The summed E-state index contributed by atoms with van der Waals surface area (Å²) in [7, 11) is 0. The molecule has 0 saturated carbocycles. The van der Waals surface area contributed by atoms with E-state index in [0.717, 1.165) is 18.5 Å². The average Bonchev–Trinajstić information content (AvgIpc) is 2.83. The first-order valence-corrected chi connectivity index (χ1v) is 6.30. The Balaban J connectivity index is 1.97. The quantitative estimate of drug-likeness (QED) is 0.852. The fraction of sp³-hybridized carbons (Fsp3) is 0.333. The number of hydrogen-bond acceptors (Lipinski definition) is 3. The molecule has 3 nitrogen and oxygen atoms in total. The second-order valence-electron chi connectivity index (χ2n) is 4.79. The lowest BCUT2D eigenvalue weighted by Gasteiger charge is -2.30. The molecule has 0 spiro atoms. The first-order valence-electron chi connectivity index (χ1n) is 6.30. The van der Waals surface area contributed by atoms with E-state index in [-0.39, 0.29) is 6.04 Å². The largest absolute Gasteiger partial charge is 0.466 e. The zero-order valence-corrected chi connectivity index (χ0v) is 10.4. The van der Waals surface area contributed by atoms with Crippen LogP contribution < -0.4 is 5.32 Å². The topological polar surface area (TPSA) is 45.4 Å². The van der Waals surface area contributed by atoms with Crippen molar-refractivity contribution in [2.45, 2.75) is 25.5 Å². The standard InChI is InChI=1S/C15H17NO2/c1-10-7-9-18-15(10)14(17)13-12-5-3-2-4-11(12)6-8-16-13/h2-5,7,9,13-14,16-17H,6,8H2,1H3. The Labute approximate surface area is 106 Å². The van der Waals surface area contributed by atoms with Crippen molar-refractivity contribution in [1.29, 1.82) is 0 Å². The molecule has 1 aliphatic rings. The van der Waals surface area contributed by atoms with Crippen molar-refractivity contribution in [3.05, 3.63) is 59.0 Å². The Hall–Kier alpha value is -1.58. The number of nitrogens with one attached hydrogen (secondary N) is 1. The van der Waals surface area contributed by atoms with E-state index in [4.69, 9.17) is 4.42 Å². The maximum Gasteiger partial charge on any atom is 0.137 e. The zero-order valence-electron chi connectivity index (χ0n) is 10.4. The SMILES string of the molecule is Cc1ccoc1C(O)C1NCCc2ccccc21. The van der Waals surface area contributed by atoms with Crippen LogP contribution in [0.15, 0.2) is 41.0 Å². The lowest BCUT2D eigenvalue weighted by Crippen LogP contribution is -2.33. The lowest BCUT2D eigenvalue weighted by molar-refractivity contribution is 0.101. The second-order valence-corrected chi connectivity index (χ2v) is 4.79. The molecule has 0 fully saturated rings. The van der Waals surface area contributed by atoms with Gasteiger partial charge in [-0.1, -0.05) is 24.3 Å². The van der Waals surface area contributed by atoms with Gasteiger partial charge in [0.2, 0.25) is 0 Å². The molecule has 3 rings (SSSR count). The Kier molecular flexibility index (Phi) is 2.94. The van der Waals surface area contributed by atoms with Gasteiger partial charge in [0, 0.05) is 0 Å². The van der Waals surface area contributed by atoms with Crippen molar-refractivity contribution >= 4 is 0 Å². The van der Waals surface area contributed by atoms with Gasteiger partial charge >= 0.3 is 0 Å². The predicted molar refractivity (Wildman–Crippen MR) is 69.3 cm³/mol. The third-order valence-electron chi connectivity index (χ3n) is 3.63. The van der Waals surface area contributed by atoms with Crippen LogP contribution in [0.2, 0.25) is 0 Å². The summed E-state index contributed by atoms with van der Waals surface area (Å²) in [4.78, 5) is 0. The molecule has 2 aromatic rings. The van der Waals surface area contributed by atoms with Crippen LogP contribution in [0, 0.1) is 6.92 Å². The minimum atomic E-state index is -0.638. The third kappa shape index (κ3) is 1.85. The highest BCUT2D eigenvalue weighted by atomic mass is 16.4. The number of benzene rings is 1. The fourth-order valence-electron chi connectivity index (χ4n) is 2.66. The molecule has 1 aromatic carbocycles. The van der Waals surface area contributed by atoms with E-state index in [1.54, 1.807) is 6.26 Å². The first-order chi connectivity index (χ1) is 8.77. The smallest absolute Gasteiger partial charge is 0.137 e. The number of aliphatic hydroxyl groups is 1. The van der Waals surface area contributed by atoms with Gasteiger partial charge in [-0.25, -0.2) is 0 Å². The summed E-state index contributed by atoms with van der Waals surface area (Å²) < 4.78 is 5.40. The van der Waals surface area contributed by atoms with Crippen molar-refractivity contribution in [3.63, 3.8) is 0 Å². The van der Waals surface area contributed by atoms with Crippen LogP contribution >= 0.6 is 0 Å². The van der Waals surface area contributed by atoms with E-state index in [1.165, 1.54) is 11.1 Å². The number of hydrogen-bond donors (Lipinski definition) is 2. The van der Waals surface area contributed by atoms with Gasteiger partial charge in [-0.15, -0.1) is 0 Å². The van der Waals surface area contributed by atoms with E-state index in [2.05, 4.69) is 17.4 Å². The van der Waals surface area contributed by atoms with Crippen molar-refractivity contribution in [1.82, 2.24) is 5.32 Å². The third-order valence-corrected chi connectivity index (χ3v) is 3.63. The fourth-order valence-corrected chi connectivity index (χ4v) is 2.66. The molecule has 2 heterocycles. The van der Waals surface area contributed by atoms with Gasteiger partial charge < -0.3 is 14.8 Å². The summed E-state index contributed by atoms with van der Waals surface area (Å²) in [6.07, 6.45) is 2.00. The van der Waals surface area contributed by atoms with Crippen LogP contribution in [0.25, 0.3) is 0 Å². The first kappa shape index (κ1) is 11.5. The zero-order chi connectivity index (χ0) is 12.5. The molecular weight excluding hydrogens is 226 g/mol. The molecule has 2 N–H and O–H groups in total. The highest BCUT2D eigenvalue weighted by molar-refractivity contribution is 5.34. The van der Waals surface area contributed by atoms with Gasteiger partial charge in [0.1, 0.15) is 11.9 Å². The van der Waals surface area contributed by atoms with Crippen LogP contribution in [0.4, 0.5) is 0 Å². The van der Waals surface area contributed by atoms with E-state index < -0.39 is 6.10 Å². The molecule has 0 radical (unpaired) electrons. The summed E-state index contributed by atoms with van der Waals surface area (Å²) in [5.41, 5.74) is 3.48. The lowest BCUT2D eigenvalue weighted by atomic mass is 9.90. The van der Waals surface area contributed by atoms with E-state index in [1.807, 2.05) is 25.1 Å². The predicted octanol–water partition coefficient (Wildman–Crippen LogP) is 2.51. The van der Waals surface area contributed by atoms with Crippen LogP contribution in [0.1, 0.15) is 34.6 Å². The molecule has 1 aromatic heterocycles. The second kappa shape index (κ2) is 4.59. The number of aryl methyl sites for hydroxylation is 1. The van der Waals surface area contributed by atoms with Gasteiger partial charge in [-0.05, 0) is 42.6 Å². The molecule has 18 heavy (non-hydrogen) atoms. The normalized spacial score (nSPS) is 20.4. The molecule has 94 valence electrons. The van der Waals surface area contributed by atoms with Crippen LogP contribution in [0.3, 0.4) is 0 Å². The van der Waals surface area contributed by atoms with Crippen molar-refractivity contribution in [2.24, 2.45) is 0 Å². The van der Waals surface area contributed by atoms with Crippen LogP contribution in [0.5, 0.6) is 0 Å². The molecule has 3 heteroatoms. The summed E-state index contributed by atoms with van der Waals surface area (Å²) in [5.74, 6) is 0.657. The summed E-state index contributed by atoms with van der Waals surface area (Å²) >= 11 is 0. The minimum absolute atomic E-state index is 0.0835. The Morgan fingerprint density at radius 3 is 2.94 bits per heavy atom. The number of furan rings is 1. The van der Waals surface area contributed by atoms with Crippen molar-refractivity contribution in [3.8, 4) is 0 Å². The highest BCUT2D eigenvalue weighted by Crippen LogP contribution is 2.34. The minimum Gasteiger partial charge on any atom is -0.466 e. The maximum atomic E-state index is 10.5. The van der Waals surface area contributed by atoms with E-state index in [0.29, 0.717) is 5.76 Å². The molecule has 0 amide bonds. The molecule has 0 saturated heterocycles. The molecule has 1 aliphatic heterocycles. The van der Waals surface area contributed by atoms with Gasteiger partial charge in [0.25, 0.3) is 0 Å².